The van der Waals surface area contributed by atoms with Crippen LogP contribution >= 0.6 is 11.3 Å². The van der Waals surface area contributed by atoms with Crippen molar-refractivity contribution in [2.24, 2.45) is 5.16 Å². The molecule has 0 aliphatic carbocycles. The van der Waals surface area contributed by atoms with Crippen LogP contribution in [0.25, 0.3) is 10.9 Å². The number of carbonyl (C=O) groups is 3. The molecule has 0 radical (unpaired) electrons. The van der Waals surface area contributed by atoms with Gasteiger partial charge in [-0.1, -0.05) is 5.16 Å². The third-order valence-corrected chi connectivity index (χ3v) is 7.40. The normalized spacial score (nSPS) is 17.0. The van der Waals surface area contributed by atoms with Gasteiger partial charge in [-0.05, 0) is 51.2 Å². The van der Waals surface area contributed by atoms with Crippen molar-refractivity contribution in [2.45, 2.75) is 31.5 Å². The lowest BCUT2D eigenvalue weighted by molar-refractivity contribution is -0.218. The lowest BCUT2D eigenvalue weighted by Gasteiger charge is -2.50. The van der Waals surface area contributed by atoms with Crippen molar-refractivity contribution >= 4 is 67.1 Å². The summed E-state index contributed by atoms with van der Waals surface area (Å²) in [6, 6.07) is 7.30. The number of carboxylic acids is 1. The minimum atomic E-state index is -5.01. The van der Waals surface area contributed by atoms with Gasteiger partial charge in [0.2, 0.25) is 0 Å². The number of benzene rings is 1. The largest absolute Gasteiger partial charge is 0.489 e. The third kappa shape index (κ3) is 8.10. The van der Waals surface area contributed by atoms with Crippen molar-refractivity contribution in [3.63, 3.8) is 0 Å². The summed E-state index contributed by atoms with van der Waals surface area (Å²) < 4.78 is 41.0. The number of hydrogen-bond acceptors (Lipinski definition) is 15. The van der Waals surface area contributed by atoms with E-state index < -0.39 is 58.2 Å². The molecule has 1 unspecified atom stereocenters. The number of aromatic nitrogens is 2. The lowest BCUT2D eigenvalue weighted by atomic mass is 9.84. The quantitative estimate of drug-likeness (QED) is 0.0410. The van der Waals surface area contributed by atoms with E-state index in [-0.39, 0.29) is 10.8 Å². The molecular formula is C25H30N8O10S2. The number of β-lactam (4-membered cyclic amide) rings is 1. The molecule has 2 amide bonds. The second-order valence-electron chi connectivity index (χ2n) is 10.0. The van der Waals surface area contributed by atoms with Gasteiger partial charge in [-0.25, -0.2) is 14.8 Å². The fraction of sp³-hybridized carbons (Fsp3) is 0.360. The molecule has 20 heteroatoms. The summed E-state index contributed by atoms with van der Waals surface area (Å²) in [4.78, 5) is 51.3. The van der Waals surface area contributed by atoms with Gasteiger partial charge in [-0.15, -0.1) is 15.6 Å². The molecule has 1 saturated heterocycles. The molecule has 4 rings (SSSR count). The topological polar surface area (TPSA) is 257 Å². The summed E-state index contributed by atoms with van der Waals surface area (Å²) in [6.45, 7) is 3.67. The molecule has 45 heavy (non-hydrogen) atoms. The van der Waals surface area contributed by atoms with Gasteiger partial charge in [0.05, 0.1) is 11.1 Å². The first-order chi connectivity index (χ1) is 21.2. The summed E-state index contributed by atoms with van der Waals surface area (Å²) in [5, 5.41) is 24.6. The second-order valence-corrected chi connectivity index (χ2v) is 11.9. The molecule has 1 aliphatic heterocycles. The number of nitrogen functional groups attached to an aromatic ring is 1. The van der Waals surface area contributed by atoms with E-state index in [2.05, 4.69) is 35.4 Å². The molecule has 0 saturated carbocycles. The Bertz CT molecular complexity index is 1730. The first kappa shape index (κ1) is 33.3. The molecule has 1 aliphatic rings. The Labute approximate surface area is 260 Å². The van der Waals surface area contributed by atoms with Crippen LogP contribution < -0.4 is 26.4 Å². The number of fused-ring (bicyclic) bond motifs is 1. The molecular weight excluding hydrogens is 636 g/mol. The van der Waals surface area contributed by atoms with Gasteiger partial charge >= 0.3 is 16.4 Å². The maximum atomic E-state index is 13.2. The van der Waals surface area contributed by atoms with Crippen LogP contribution in [0, 0.1) is 0 Å². The number of hydroxylamine groups is 2. The maximum Gasteiger partial charge on any atom is 0.418 e. The third-order valence-electron chi connectivity index (χ3n) is 6.39. The Morgan fingerprint density at radius 3 is 2.60 bits per heavy atom. The highest BCUT2D eigenvalue weighted by Crippen LogP contribution is 2.33. The molecule has 7 N–H and O–H groups in total. The van der Waals surface area contributed by atoms with E-state index in [1.165, 1.54) is 19.2 Å². The first-order valence-electron chi connectivity index (χ1n) is 13.1. The fourth-order valence-corrected chi connectivity index (χ4v) is 5.06. The number of oxime groups is 1. The van der Waals surface area contributed by atoms with Gasteiger partial charge in [-0.3, -0.25) is 14.1 Å². The molecule has 3 aromatic rings. The van der Waals surface area contributed by atoms with Crippen molar-refractivity contribution in [1.82, 2.24) is 25.7 Å². The van der Waals surface area contributed by atoms with Crippen LogP contribution in [0.3, 0.4) is 0 Å². The molecule has 242 valence electrons. The van der Waals surface area contributed by atoms with Crippen molar-refractivity contribution in [3.05, 3.63) is 41.4 Å². The van der Waals surface area contributed by atoms with E-state index in [0.717, 1.165) is 23.3 Å². The van der Waals surface area contributed by atoms with Crippen molar-refractivity contribution in [1.29, 1.82) is 0 Å². The van der Waals surface area contributed by atoms with Crippen LogP contribution in [-0.2, 0) is 33.9 Å². The van der Waals surface area contributed by atoms with Gasteiger partial charge in [-0.2, -0.15) is 13.5 Å². The number of nitrogens with zero attached hydrogens (tertiary/aromatic N) is 4. The van der Waals surface area contributed by atoms with E-state index in [1.807, 2.05) is 13.1 Å². The van der Waals surface area contributed by atoms with Gasteiger partial charge in [0.15, 0.2) is 10.8 Å². The number of carbonyl (C=O) groups excluding carboxylic acids is 2. The summed E-state index contributed by atoms with van der Waals surface area (Å²) in [5.74, 6) is -2.45. The number of aliphatic carboxylic acids is 1. The fourth-order valence-electron chi connectivity index (χ4n) is 4.06. The molecule has 1 aromatic carbocycles. The average molecular weight is 667 g/mol. The summed E-state index contributed by atoms with van der Waals surface area (Å²) in [7, 11) is -3.17. The van der Waals surface area contributed by atoms with Crippen LogP contribution in [-0.4, -0.2) is 101 Å². The van der Waals surface area contributed by atoms with Crippen LogP contribution in [0.1, 0.15) is 19.5 Å². The molecule has 2 atom stereocenters. The molecule has 3 heterocycles. The van der Waals surface area contributed by atoms with Crippen molar-refractivity contribution in [3.8, 4) is 5.75 Å². The zero-order chi connectivity index (χ0) is 32.9. The number of pyridine rings is 1. The number of ether oxygens (including phenoxy) is 1. The zero-order valence-electron chi connectivity index (χ0n) is 24.1. The molecule has 2 aromatic heterocycles. The Morgan fingerprint density at radius 1 is 1.22 bits per heavy atom. The summed E-state index contributed by atoms with van der Waals surface area (Å²) in [6.07, 6.45) is -1.68. The SMILES string of the molecule is CNCCNc1ccc2cc(OCC(O/N=C(\C(=O)N[C@@H]3C(=O)N(OS(=O)(=O)O)C3(C)C)c3csc(N)n3)C(=O)O)ccc2n1. The minimum absolute atomic E-state index is 0.0584. The number of carboxylic acid groups (broad SMARTS) is 1. The van der Waals surface area contributed by atoms with Gasteiger partial charge in [0.1, 0.15) is 29.9 Å². The number of nitrogens with two attached hydrogens (primary N) is 1. The predicted molar refractivity (Wildman–Crippen MR) is 161 cm³/mol. The van der Waals surface area contributed by atoms with E-state index in [4.69, 9.17) is 19.9 Å². The first-order valence-corrected chi connectivity index (χ1v) is 15.4. The number of amides is 2. The summed E-state index contributed by atoms with van der Waals surface area (Å²) in [5.41, 5.74) is 4.34. The number of hydrogen-bond donors (Lipinski definition) is 6. The highest BCUT2D eigenvalue weighted by molar-refractivity contribution is 7.80. The van der Waals surface area contributed by atoms with Crippen LogP contribution in [0.15, 0.2) is 40.9 Å². The zero-order valence-corrected chi connectivity index (χ0v) is 25.7. The Balaban J connectivity index is 1.46. The lowest BCUT2D eigenvalue weighted by Crippen LogP contribution is -2.76. The number of rotatable bonds is 15. The Morgan fingerprint density at radius 2 is 1.98 bits per heavy atom. The molecule has 1 fully saturated rings. The molecule has 0 spiro atoms. The highest BCUT2D eigenvalue weighted by Gasteiger charge is 2.58. The van der Waals surface area contributed by atoms with Crippen LogP contribution in [0.4, 0.5) is 10.9 Å². The average Bonchev–Trinajstić information content (AvgIpc) is 3.41. The minimum Gasteiger partial charge on any atom is -0.489 e. The maximum absolute atomic E-state index is 13.2. The predicted octanol–water partition coefficient (Wildman–Crippen LogP) is -0.00230. The van der Waals surface area contributed by atoms with Crippen molar-refractivity contribution < 1.29 is 46.3 Å². The summed E-state index contributed by atoms with van der Waals surface area (Å²) >= 11 is 0.958. The molecule has 18 nitrogen and oxygen atoms in total. The number of likely N-dealkylation sites (N-methyl/N-ethyl adjacent to an activating group) is 1. The van der Waals surface area contributed by atoms with E-state index in [9.17, 15) is 27.9 Å². The van der Waals surface area contributed by atoms with Crippen molar-refractivity contribution in [2.75, 3.05) is 37.8 Å². The van der Waals surface area contributed by atoms with Gasteiger partial charge in [0.25, 0.3) is 17.9 Å². The number of anilines is 2. The Hall–Kier alpha value is -4.63. The van der Waals surface area contributed by atoms with Crippen LogP contribution in [0.2, 0.25) is 0 Å². The Kier molecular flexibility index (Phi) is 10.0. The number of thiazole rings is 1. The monoisotopic (exact) mass is 666 g/mol. The van der Waals surface area contributed by atoms with Gasteiger partial charge < -0.3 is 36.4 Å². The van der Waals surface area contributed by atoms with Gasteiger partial charge in [0, 0.05) is 23.9 Å². The smallest absolute Gasteiger partial charge is 0.418 e. The van der Waals surface area contributed by atoms with E-state index in [0.29, 0.717) is 28.7 Å². The number of nitrogens with one attached hydrogen (secondary N) is 3. The van der Waals surface area contributed by atoms with E-state index in [1.54, 1.807) is 24.3 Å². The molecule has 0 bridgehead atoms. The second kappa shape index (κ2) is 13.6. The van der Waals surface area contributed by atoms with E-state index >= 15 is 0 Å². The van der Waals surface area contributed by atoms with Crippen LogP contribution in [0.5, 0.6) is 5.75 Å². The highest BCUT2D eigenvalue weighted by atomic mass is 32.3. The standard InChI is InChI=1S/C25H30N8O10S2/c1-25(2)20(22(35)33(25)43-45(38,39)40)31-21(34)19(16-12-44-24(26)30-16)32-42-17(23(36)37)11-41-14-5-6-15-13(10-14)4-7-18(29-15)28-9-8-27-3/h4-7,10,12,17,20,27H,8-9,11H2,1-3H3,(H2,26,30)(H,28,29)(H,31,34)(H,36,37)(H,38,39,40)/b32-19-/t17?,20-/m1/s1.